The minimum atomic E-state index is -1.47. The van der Waals surface area contributed by atoms with Crippen molar-refractivity contribution in [3.05, 3.63) is 64.7 Å². The van der Waals surface area contributed by atoms with Crippen LogP contribution in [0.4, 0.5) is 0 Å². The van der Waals surface area contributed by atoms with Gasteiger partial charge >= 0.3 is 20.5 Å². The Hall–Kier alpha value is -2.51. The number of unbranched alkanes of at least 4 members (excludes halogenated alkanes) is 23. The summed E-state index contributed by atoms with van der Waals surface area (Å²) in [6.45, 7) is 14.8. The first-order valence-electron chi connectivity index (χ1n) is 26.6. The summed E-state index contributed by atoms with van der Waals surface area (Å²) in [6, 6.07) is 14.6. The van der Waals surface area contributed by atoms with Crippen molar-refractivity contribution in [2.45, 2.75) is 228 Å². The maximum absolute atomic E-state index is 12.5. The Labute approximate surface area is 406 Å². The van der Waals surface area contributed by atoms with Gasteiger partial charge in [-0.15, -0.1) is 0 Å². The van der Waals surface area contributed by atoms with E-state index in [-0.39, 0.29) is 11.9 Å². The Balaban J connectivity index is 1.57. The lowest BCUT2D eigenvalue weighted by Crippen LogP contribution is -2.29. The Bertz CT molecular complexity index is 1480. The van der Waals surface area contributed by atoms with Crippen molar-refractivity contribution in [3.63, 3.8) is 0 Å². The number of hydrogen-bond acceptors (Lipinski definition) is 8. The number of aryl methyl sites for hydroxylation is 2. The number of methoxy groups -OCH3 is 2. The monoisotopic (exact) mass is 941 g/mol. The molecule has 0 radical (unpaired) electrons. The number of carbonyl (C=O) groups excluding carboxylic acids is 2. The Kier molecular flexibility index (Phi) is 33.8. The molecule has 2 aromatic rings. The van der Waals surface area contributed by atoms with Gasteiger partial charge in [-0.1, -0.05) is 185 Å². The highest BCUT2D eigenvalue weighted by atomic mass is 31.2. The van der Waals surface area contributed by atoms with Gasteiger partial charge in [0.15, 0.2) is 0 Å². The number of carbonyl (C=O) groups is 2. The molecule has 0 N–H and O–H groups in total. The molecule has 0 saturated carbocycles. The van der Waals surface area contributed by atoms with E-state index < -0.39 is 19.4 Å². The molecule has 0 saturated heterocycles. The number of ether oxygens (including phenoxy) is 3. The zero-order chi connectivity index (χ0) is 48.1. The largest absolute Gasteiger partial charge is 0.469 e. The summed E-state index contributed by atoms with van der Waals surface area (Å²) in [7, 11) is 1.41. The maximum Gasteiger partial charge on any atom is 0.397 e. The first kappa shape index (κ1) is 59.6. The highest BCUT2D eigenvalue weighted by molar-refractivity contribution is 7.42. The van der Waals surface area contributed by atoms with Crippen LogP contribution < -0.4 is 4.52 Å². The molecule has 9 heteroatoms. The van der Waals surface area contributed by atoms with Crippen LogP contribution in [0.15, 0.2) is 42.5 Å². The third-order valence-electron chi connectivity index (χ3n) is 12.7. The normalized spacial score (nSPS) is 12.4. The van der Waals surface area contributed by atoms with Crippen LogP contribution in [-0.4, -0.2) is 52.6 Å². The number of esters is 2. The standard InChI is InChI=1S/C57H97O8P/c1-9-10-11-12-13-14-15-16-17-18-19-20-23-26-29-34-40-62-41-36-43-64-66(65-53-39-33-32-37-49(53)2)63-42-35-30-27-24-21-22-25-28-31-38-50-44-51(47-56(3,4)54(58)60-7)46-52(45-50)48-57(5,6)55(59)61-8/h32-33,37,39,44-46H,9-31,34-36,38,40-43,47-48H2,1-8H3. The molecule has 1 unspecified atom stereocenters. The van der Waals surface area contributed by atoms with Gasteiger partial charge in [0.2, 0.25) is 0 Å². The predicted molar refractivity (Wildman–Crippen MR) is 276 cm³/mol. The van der Waals surface area contributed by atoms with Crippen molar-refractivity contribution in [1.82, 2.24) is 0 Å². The summed E-state index contributed by atoms with van der Waals surface area (Å²) in [4.78, 5) is 24.9. The summed E-state index contributed by atoms with van der Waals surface area (Å²) in [5, 5.41) is 0. The molecule has 0 aliphatic carbocycles. The van der Waals surface area contributed by atoms with Crippen LogP contribution in [0.5, 0.6) is 5.75 Å². The van der Waals surface area contributed by atoms with Crippen molar-refractivity contribution in [3.8, 4) is 5.75 Å². The third kappa shape index (κ3) is 28.7. The van der Waals surface area contributed by atoms with E-state index in [1.165, 1.54) is 155 Å². The van der Waals surface area contributed by atoms with Gasteiger partial charge in [-0.2, -0.15) is 0 Å². The second-order valence-corrected chi connectivity index (χ2v) is 21.4. The van der Waals surface area contributed by atoms with E-state index in [2.05, 4.69) is 38.1 Å². The van der Waals surface area contributed by atoms with Gasteiger partial charge in [-0.25, -0.2) is 0 Å². The van der Waals surface area contributed by atoms with Crippen LogP contribution in [0.1, 0.15) is 224 Å². The van der Waals surface area contributed by atoms with E-state index in [0.717, 1.165) is 67.6 Å². The molecule has 0 bridgehead atoms. The van der Waals surface area contributed by atoms with Crippen LogP contribution in [0, 0.1) is 17.8 Å². The molecule has 2 rings (SSSR count). The highest BCUT2D eigenvalue weighted by Crippen LogP contribution is 2.42. The maximum atomic E-state index is 12.5. The van der Waals surface area contributed by atoms with Gasteiger partial charge in [-0.3, -0.25) is 9.59 Å². The molecule has 0 amide bonds. The number of hydrogen-bond donors (Lipinski definition) is 0. The van der Waals surface area contributed by atoms with E-state index >= 15 is 0 Å². The third-order valence-corrected chi connectivity index (χ3v) is 13.9. The van der Waals surface area contributed by atoms with Crippen molar-refractivity contribution in [2.24, 2.45) is 10.8 Å². The fraction of sp³-hybridized carbons (Fsp3) is 0.754. The Morgan fingerprint density at radius 2 is 0.864 bits per heavy atom. The lowest BCUT2D eigenvalue weighted by molar-refractivity contribution is -0.151. The van der Waals surface area contributed by atoms with Gasteiger partial charge in [0.25, 0.3) is 0 Å². The lowest BCUT2D eigenvalue weighted by atomic mass is 9.81. The molecular weight excluding hydrogens is 844 g/mol. The predicted octanol–water partition coefficient (Wildman–Crippen LogP) is 16.5. The van der Waals surface area contributed by atoms with E-state index in [9.17, 15) is 9.59 Å². The second-order valence-electron chi connectivity index (χ2n) is 20.2. The molecule has 1 atom stereocenters. The highest BCUT2D eigenvalue weighted by Gasteiger charge is 2.31. The van der Waals surface area contributed by atoms with Crippen molar-refractivity contribution in [2.75, 3.05) is 40.6 Å². The van der Waals surface area contributed by atoms with Crippen LogP contribution in [-0.2, 0) is 52.1 Å². The fourth-order valence-electron chi connectivity index (χ4n) is 8.70. The van der Waals surface area contributed by atoms with Gasteiger partial charge < -0.3 is 27.8 Å². The van der Waals surface area contributed by atoms with Crippen LogP contribution >= 0.6 is 8.60 Å². The van der Waals surface area contributed by atoms with E-state index in [1.807, 2.05) is 45.9 Å². The van der Waals surface area contributed by atoms with Crippen molar-refractivity contribution < 1.29 is 37.4 Å². The molecule has 0 aliphatic heterocycles. The number of benzene rings is 2. The molecule has 0 heterocycles. The zero-order valence-electron chi connectivity index (χ0n) is 43.6. The van der Waals surface area contributed by atoms with Gasteiger partial charge in [-0.05, 0) is 108 Å². The van der Waals surface area contributed by atoms with Gasteiger partial charge in [0.1, 0.15) is 5.75 Å². The fourth-order valence-corrected chi connectivity index (χ4v) is 9.80. The molecule has 2 aromatic carbocycles. The van der Waals surface area contributed by atoms with Gasteiger partial charge in [0.05, 0.1) is 38.3 Å². The summed E-state index contributed by atoms with van der Waals surface area (Å²) < 4.78 is 34.6. The summed E-state index contributed by atoms with van der Waals surface area (Å²) in [5.41, 5.74) is 3.27. The summed E-state index contributed by atoms with van der Waals surface area (Å²) >= 11 is 0. The van der Waals surface area contributed by atoms with Crippen LogP contribution in [0.3, 0.4) is 0 Å². The van der Waals surface area contributed by atoms with Crippen molar-refractivity contribution >= 4 is 20.5 Å². The minimum Gasteiger partial charge on any atom is -0.469 e. The molecule has 0 aromatic heterocycles. The van der Waals surface area contributed by atoms with E-state index in [1.54, 1.807) is 0 Å². The molecule has 66 heavy (non-hydrogen) atoms. The van der Waals surface area contributed by atoms with Crippen LogP contribution in [0.2, 0.25) is 0 Å². The molecule has 8 nitrogen and oxygen atoms in total. The van der Waals surface area contributed by atoms with Crippen molar-refractivity contribution in [1.29, 1.82) is 0 Å². The summed E-state index contributed by atoms with van der Waals surface area (Å²) in [6.07, 6.45) is 35.7. The molecular formula is C57H97O8P. The molecule has 0 fully saturated rings. The number of para-hydroxylation sites is 1. The van der Waals surface area contributed by atoms with E-state index in [0.29, 0.717) is 32.7 Å². The molecule has 378 valence electrons. The Morgan fingerprint density at radius 1 is 0.485 bits per heavy atom. The summed E-state index contributed by atoms with van der Waals surface area (Å²) in [5.74, 6) is 0.381. The smallest absolute Gasteiger partial charge is 0.397 e. The van der Waals surface area contributed by atoms with E-state index in [4.69, 9.17) is 27.8 Å². The first-order chi connectivity index (χ1) is 31.9. The lowest BCUT2D eigenvalue weighted by Gasteiger charge is -2.24. The van der Waals surface area contributed by atoms with Crippen LogP contribution in [0.25, 0.3) is 0 Å². The number of rotatable bonds is 43. The average Bonchev–Trinajstić information content (AvgIpc) is 3.29. The van der Waals surface area contributed by atoms with Gasteiger partial charge in [0, 0.05) is 13.2 Å². The average molecular weight is 941 g/mol. The minimum absolute atomic E-state index is 0.219. The second kappa shape index (κ2) is 37.4. The molecule has 0 aliphatic rings. The topological polar surface area (TPSA) is 89.5 Å². The molecule has 0 spiro atoms. The SMILES string of the molecule is CCCCCCCCCCCCCCCCCCOCCCOP(OCCCCCCCCCCCc1cc(CC(C)(C)C(=O)OC)cc(CC(C)(C)C(=O)OC)c1)Oc1ccccc1C. The quantitative estimate of drug-likeness (QED) is 0.0369. The Morgan fingerprint density at radius 3 is 1.32 bits per heavy atom. The first-order valence-corrected chi connectivity index (χ1v) is 27.7. The zero-order valence-corrected chi connectivity index (χ0v) is 44.5.